The van der Waals surface area contributed by atoms with E-state index in [0.29, 0.717) is 19.0 Å². The van der Waals surface area contributed by atoms with Gasteiger partial charge in [0, 0.05) is 13.2 Å². The first-order valence-electron chi connectivity index (χ1n) is 9.04. The average Bonchev–Trinajstić information content (AvgIpc) is 3.08. The van der Waals surface area contributed by atoms with Crippen LogP contribution >= 0.6 is 0 Å². The van der Waals surface area contributed by atoms with Crippen LogP contribution in [-0.2, 0) is 16.0 Å². The summed E-state index contributed by atoms with van der Waals surface area (Å²) in [6.07, 6.45) is 5.40. The fraction of sp³-hybridized carbons (Fsp3) is 0.632. The lowest BCUT2D eigenvalue weighted by Gasteiger charge is -2.31. The third-order valence-electron chi connectivity index (χ3n) is 5.04. The summed E-state index contributed by atoms with van der Waals surface area (Å²) in [5.41, 5.74) is 1.07. The van der Waals surface area contributed by atoms with Gasteiger partial charge in [0.15, 0.2) is 0 Å². The second kappa shape index (κ2) is 8.58. The average molecular weight is 334 g/mol. The van der Waals surface area contributed by atoms with Crippen LogP contribution in [0, 0.1) is 11.7 Å². The zero-order valence-electron chi connectivity index (χ0n) is 14.2. The molecule has 1 amide bonds. The summed E-state index contributed by atoms with van der Waals surface area (Å²) >= 11 is 0. The smallest absolute Gasteiger partial charge is 0.234 e. The number of ether oxygens (including phenoxy) is 1. The van der Waals surface area contributed by atoms with Gasteiger partial charge in [-0.1, -0.05) is 12.1 Å². The summed E-state index contributed by atoms with van der Waals surface area (Å²) in [6.45, 7) is 3.80. The Morgan fingerprint density at radius 2 is 2.12 bits per heavy atom. The molecule has 2 aliphatic rings. The molecule has 0 spiro atoms. The molecular weight excluding hydrogens is 307 g/mol. The molecule has 2 fully saturated rings. The number of amides is 1. The van der Waals surface area contributed by atoms with Gasteiger partial charge in [0.05, 0.1) is 12.6 Å². The molecular formula is C19H27FN2O2. The van der Waals surface area contributed by atoms with Gasteiger partial charge in [-0.15, -0.1) is 0 Å². The maximum Gasteiger partial charge on any atom is 0.234 e. The van der Waals surface area contributed by atoms with Gasteiger partial charge in [0.2, 0.25) is 5.91 Å². The van der Waals surface area contributed by atoms with Crippen molar-refractivity contribution in [3.63, 3.8) is 0 Å². The second-order valence-electron chi connectivity index (χ2n) is 6.99. The van der Waals surface area contributed by atoms with Crippen molar-refractivity contribution in [3.05, 3.63) is 35.6 Å². The standard InChI is InChI=1S/C19H27FN2O2/c20-17-4-1-3-16(12-17)11-15-6-8-22(9-7-15)14-19(23)21-13-18-5-2-10-24-18/h1,3-4,12,15,18H,2,5-11,13-14H2,(H,21,23). The molecule has 0 aliphatic carbocycles. The minimum Gasteiger partial charge on any atom is -0.376 e. The Bertz CT molecular complexity index is 538. The van der Waals surface area contributed by atoms with E-state index in [2.05, 4.69) is 10.2 Å². The largest absolute Gasteiger partial charge is 0.376 e. The maximum absolute atomic E-state index is 13.2. The minimum atomic E-state index is -0.159. The van der Waals surface area contributed by atoms with Gasteiger partial charge in [-0.25, -0.2) is 4.39 Å². The van der Waals surface area contributed by atoms with Crippen LogP contribution in [0.1, 0.15) is 31.2 Å². The molecule has 1 aromatic carbocycles. The molecule has 1 aromatic rings. The van der Waals surface area contributed by atoms with Crippen LogP contribution in [0.15, 0.2) is 24.3 Å². The van der Waals surface area contributed by atoms with Gasteiger partial charge in [-0.3, -0.25) is 9.69 Å². The van der Waals surface area contributed by atoms with Crippen LogP contribution in [0.25, 0.3) is 0 Å². The highest BCUT2D eigenvalue weighted by Crippen LogP contribution is 2.22. The van der Waals surface area contributed by atoms with E-state index in [1.165, 1.54) is 6.07 Å². The summed E-state index contributed by atoms with van der Waals surface area (Å²) in [7, 11) is 0. The van der Waals surface area contributed by atoms with Crippen molar-refractivity contribution in [3.8, 4) is 0 Å². The molecule has 2 saturated heterocycles. The molecule has 2 aliphatic heterocycles. The molecule has 1 N–H and O–H groups in total. The topological polar surface area (TPSA) is 41.6 Å². The Balaban J connectivity index is 1.34. The Morgan fingerprint density at radius 1 is 1.29 bits per heavy atom. The number of rotatable bonds is 6. The first kappa shape index (κ1) is 17.4. The number of carbonyl (C=O) groups excluding carboxylic acids is 1. The summed E-state index contributed by atoms with van der Waals surface area (Å²) in [5.74, 6) is 0.514. The number of benzene rings is 1. The van der Waals surface area contributed by atoms with Crippen molar-refractivity contribution in [2.75, 3.05) is 32.8 Å². The molecule has 2 heterocycles. The molecule has 4 nitrogen and oxygen atoms in total. The van der Waals surface area contributed by atoms with E-state index < -0.39 is 0 Å². The first-order chi connectivity index (χ1) is 11.7. The Labute approximate surface area is 143 Å². The van der Waals surface area contributed by atoms with E-state index in [4.69, 9.17) is 4.74 Å². The van der Waals surface area contributed by atoms with Crippen molar-refractivity contribution in [1.29, 1.82) is 0 Å². The maximum atomic E-state index is 13.2. The lowest BCUT2D eigenvalue weighted by Crippen LogP contribution is -2.43. The summed E-state index contributed by atoms with van der Waals surface area (Å²) in [4.78, 5) is 14.2. The van der Waals surface area contributed by atoms with Gasteiger partial charge in [0.1, 0.15) is 5.82 Å². The fourth-order valence-electron chi connectivity index (χ4n) is 3.64. The van der Waals surface area contributed by atoms with E-state index in [0.717, 1.165) is 57.4 Å². The van der Waals surface area contributed by atoms with Gasteiger partial charge >= 0.3 is 0 Å². The summed E-state index contributed by atoms with van der Waals surface area (Å²) in [6, 6.07) is 6.89. The van der Waals surface area contributed by atoms with Crippen LogP contribution in [0.3, 0.4) is 0 Å². The Morgan fingerprint density at radius 3 is 2.83 bits per heavy atom. The van der Waals surface area contributed by atoms with E-state index in [1.54, 1.807) is 12.1 Å². The first-order valence-corrected chi connectivity index (χ1v) is 9.04. The highest BCUT2D eigenvalue weighted by atomic mass is 19.1. The normalized spacial score (nSPS) is 22.6. The molecule has 0 aromatic heterocycles. The van der Waals surface area contributed by atoms with Crippen LogP contribution in [-0.4, -0.2) is 49.7 Å². The molecule has 1 unspecified atom stereocenters. The minimum absolute atomic E-state index is 0.0917. The molecule has 1 atom stereocenters. The zero-order chi connectivity index (χ0) is 16.8. The van der Waals surface area contributed by atoms with Crippen LogP contribution in [0.5, 0.6) is 0 Å². The zero-order valence-corrected chi connectivity index (χ0v) is 14.2. The Hall–Kier alpha value is -1.46. The second-order valence-corrected chi connectivity index (χ2v) is 6.99. The van der Waals surface area contributed by atoms with E-state index in [9.17, 15) is 9.18 Å². The van der Waals surface area contributed by atoms with E-state index in [-0.39, 0.29) is 17.8 Å². The van der Waals surface area contributed by atoms with Gasteiger partial charge in [-0.2, -0.15) is 0 Å². The SMILES string of the molecule is O=C(CN1CCC(Cc2cccc(F)c2)CC1)NCC1CCCO1. The van der Waals surface area contributed by atoms with Crippen molar-refractivity contribution in [1.82, 2.24) is 10.2 Å². The lowest BCUT2D eigenvalue weighted by atomic mass is 9.90. The fourth-order valence-corrected chi connectivity index (χ4v) is 3.64. The predicted octanol–water partition coefficient (Wildman–Crippen LogP) is 2.38. The van der Waals surface area contributed by atoms with Crippen LogP contribution in [0.4, 0.5) is 4.39 Å². The van der Waals surface area contributed by atoms with Gasteiger partial charge in [-0.05, 0) is 68.8 Å². The summed E-state index contributed by atoms with van der Waals surface area (Å²) < 4.78 is 18.8. The van der Waals surface area contributed by atoms with Crippen LogP contribution < -0.4 is 5.32 Å². The third kappa shape index (κ3) is 5.28. The van der Waals surface area contributed by atoms with Crippen molar-refractivity contribution >= 4 is 5.91 Å². The molecule has 5 heteroatoms. The number of nitrogens with one attached hydrogen (secondary N) is 1. The molecule has 0 saturated carbocycles. The van der Waals surface area contributed by atoms with Gasteiger partial charge < -0.3 is 10.1 Å². The van der Waals surface area contributed by atoms with E-state index in [1.807, 2.05) is 6.07 Å². The number of hydrogen-bond donors (Lipinski definition) is 1. The molecule has 0 bridgehead atoms. The predicted molar refractivity (Wildman–Crippen MR) is 91.3 cm³/mol. The van der Waals surface area contributed by atoms with Crippen molar-refractivity contribution in [2.24, 2.45) is 5.92 Å². The summed E-state index contributed by atoms with van der Waals surface area (Å²) in [5, 5.41) is 2.98. The highest BCUT2D eigenvalue weighted by Gasteiger charge is 2.22. The highest BCUT2D eigenvalue weighted by molar-refractivity contribution is 5.78. The molecule has 132 valence electrons. The number of carbonyl (C=O) groups is 1. The van der Waals surface area contributed by atoms with Crippen LogP contribution in [0.2, 0.25) is 0 Å². The molecule has 0 radical (unpaired) electrons. The number of nitrogens with zero attached hydrogens (tertiary/aromatic N) is 1. The quantitative estimate of drug-likeness (QED) is 0.868. The van der Waals surface area contributed by atoms with Crippen molar-refractivity contribution in [2.45, 2.75) is 38.2 Å². The Kier molecular flexibility index (Phi) is 6.21. The third-order valence-corrected chi connectivity index (χ3v) is 5.04. The number of halogens is 1. The van der Waals surface area contributed by atoms with Crippen molar-refractivity contribution < 1.29 is 13.9 Å². The molecule has 24 heavy (non-hydrogen) atoms. The number of piperidine rings is 1. The lowest BCUT2D eigenvalue weighted by molar-refractivity contribution is -0.123. The number of likely N-dealkylation sites (tertiary alicyclic amines) is 1. The monoisotopic (exact) mass is 334 g/mol. The number of hydrogen-bond acceptors (Lipinski definition) is 3. The van der Waals surface area contributed by atoms with Gasteiger partial charge in [0.25, 0.3) is 0 Å². The van der Waals surface area contributed by atoms with E-state index >= 15 is 0 Å². The molecule has 3 rings (SSSR count).